The molecule has 6 heteroatoms. The molecule has 0 aliphatic heterocycles. The summed E-state index contributed by atoms with van der Waals surface area (Å²) in [5.41, 5.74) is 1.64. The van der Waals surface area contributed by atoms with Gasteiger partial charge in [-0.1, -0.05) is 0 Å². The van der Waals surface area contributed by atoms with E-state index in [4.69, 9.17) is 17.0 Å². The number of nitrogens with one attached hydrogen (secondary N) is 1. The number of halogens is 2. The van der Waals surface area contributed by atoms with Crippen LogP contribution >= 0.6 is 34.8 Å². The van der Waals surface area contributed by atoms with Crippen LogP contribution in [0.4, 0.5) is 4.39 Å². The third kappa shape index (κ3) is 2.92. The molecule has 0 atom stereocenters. The van der Waals surface area contributed by atoms with Crippen molar-refractivity contribution in [2.45, 2.75) is 26.5 Å². The molecule has 1 N–H and O–H groups in total. The SMILES string of the molecule is CC(C)OCCn1c(=S)[nH]c2cc(I)c(F)cc21. The van der Waals surface area contributed by atoms with E-state index >= 15 is 0 Å². The first-order valence-electron chi connectivity index (χ1n) is 5.68. The molecule has 2 rings (SSSR count). The molecule has 0 saturated carbocycles. The topological polar surface area (TPSA) is 29.9 Å². The number of nitrogens with zero attached hydrogens (tertiary/aromatic N) is 1. The van der Waals surface area contributed by atoms with E-state index in [1.807, 2.05) is 41.0 Å². The monoisotopic (exact) mass is 380 g/mol. The maximum absolute atomic E-state index is 13.6. The van der Waals surface area contributed by atoms with Gasteiger partial charge in [-0.05, 0) is 54.7 Å². The zero-order valence-electron chi connectivity index (χ0n) is 10.2. The van der Waals surface area contributed by atoms with Crippen LogP contribution in [0.1, 0.15) is 13.8 Å². The van der Waals surface area contributed by atoms with Crippen LogP contribution in [-0.2, 0) is 11.3 Å². The zero-order valence-corrected chi connectivity index (χ0v) is 13.1. The Morgan fingerprint density at radius 2 is 2.22 bits per heavy atom. The van der Waals surface area contributed by atoms with Crippen LogP contribution in [0.3, 0.4) is 0 Å². The van der Waals surface area contributed by atoms with Gasteiger partial charge in [0.2, 0.25) is 0 Å². The number of imidazole rings is 1. The lowest BCUT2D eigenvalue weighted by Gasteiger charge is -2.08. The number of rotatable bonds is 4. The van der Waals surface area contributed by atoms with Gasteiger partial charge in [0.1, 0.15) is 5.82 Å². The Morgan fingerprint density at radius 3 is 2.89 bits per heavy atom. The molecule has 0 unspecified atom stereocenters. The maximum Gasteiger partial charge on any atom is 0.178 e. The van der Waals surface area contributed by atoms with Crippen LogP contribution < -0.4 is 0 Å². The second-order valence-electron chi connectivity index (χ2n) is 4.28. The Labute approximate surface area is 123 Å². The molecule has 98 valence electrons. The molecule has 1 heterocycles. The fraction of sp³-hybridized carbons (Fsp3) is 0.417. The number of aromatic nitrogens is 2. The maximum atomic E-state index is 13.6. The van der Waals surface area contributed by atoms with Gasteiger partial charge in [-0.2, -0.15) is 0 Å². The molecule has 0 saturated heterocycles. The van der Waals surface area contributed by atoms with Crippen molar-refractivity contribution >= 4 is 45.8 Å². The number of H-pyrrole nitrogens is 1. The van der Waals surface area contributed by atoms with Gasteiger partial charge in [0.15, 0.2) is 4.77 Å². The average Bonchev–Trinajstić information content (AvgIpc) is 2.56. The summed E-state index contributed by atoms with van der Waals surface area (Å²) in [7, 11) is 0. The minimum absolute atomic E-state index is 0.182. The van der Waals surface area contributed by atoms with Gasteiger partial charge in [-0.3, -0.25) is 0 Å². The van der Waals surface area contributed by atoms with Crippen LogP contribution in [0.5, 0.6) is 0 Å². The Kier molecular flexibility index (Phi) is 4.39. The highest BCUT2D eigenvalue weighted by molar-refractivity contribution is 14.1. The van der Waals surface area contributed by atoms with Crippen molar-refractivity contribution in [2.75, 3.05) is 6.61 Å². The summed E-state index contributed by atoms with van der Waals surface area (Å²) in [5, 5.41) is 0. The summed E-state index contributed by atoms with van der Waals surface area (Å²) < 4.78 is 22.1. The Bertz CT molecular complexity index is 620. The predicted octanol–water partition coefficient (Wildman–Crippen LogP) is 3.87. The summed E-state index contributed by atoms with van der Waals surface area (Å²) in [5.74, 6) is -0.226. The van der Waals surface area contributed by atoms with E-state index in [1.54, 1.807) is 6.07 Å². The lowest BCUT2D eigenvalue weighted by atomic mass is 10.3. The van der Waals surface area contributed by atoms with Crippen LogP contribution in [0.2, 0.25) is 0 Å². The van der Waals surface area contributed by atoms with Gasteiger partial charge in [0.05, 0.1) is 27.3 Å². The van der Waals surface area contributed by atoms with Crippen molar-refractivity contribution in [3.63, 3.8) is 0 Å². The highest BCUT2D eigenvalue weighted by Crippen LogP contribution is 2.20. The van der Waals surface area contributed by atoms with Crippen molar-refractivity contribution in [2.24, 2.45) is 0 Å². The highest BCUT2D eigenvalue weighted by Gasteiger charge is 2.08. The Hall–Kier alpha value is -0.470. The summed E-state index contributed by atoms with van der Waals surface area (Å²) in [6.07, 6.45) is 0.182. The van der Waals surface area contributed by atoms with Crippen molar-refractivity contribution in [1.29, 1.82) is 0 Å². The van der Waals surface area contributed by atoms with Crippen LogP contribution in [0.25, 0.3) is 11.0 Å². The van der Waals surface area contributed by atoms with E-state index in [1.165, 1.54) is 6.07 Å². The van der Waals surface area contributed by atoms with E-state index in [0.29, 0.717) is 21.5 Å². The van der Waals surface area contributed by atoms with Crippen molar-refractivity contribution in [3.8, 4) is 0 Å². The molecule has 0 amide bonds. The molecule has 1 aromatic carbocycles. The standard InChI is InChI=1S/C12H14FIN2OS/c1-7(2)17-4-3-16-11-5-8(13)9(14)6-10(11)15-12(16)18/h5-7H,3-4H2,1-2H3,(H,15,18). The van der Waals surface area contributed by atoms with Crippen molar-refractivity contribution in [1.82, 2.24) is 9.55 Å². The van der Waals surface area contributed by atoms with Crippen LogP contribution in [0, 0.1) is 14.2 Å². The molecule has 1 aromatic heterocycles. The normalized spacial score (nSPS) is 11.6. The average molecular weight is 380 g/mol. The number of benzene rings is 1. The molecular weight excluding hydrogens is 366 g/mol. The first-order valence-corrected chi connectivity index (χ1v) is 7.17. The third-order valence-corrected chi connectivity index (χ3v) is 3.73. The summed E-state index contributed by atoms with van der Waals surface area (Å²) in [4.78, 5) is 3.08. The molecular formula is C12H14FIN2OS. The lowest BCUT2D eigenvalue weighted by molar-refractivity contribution is 0.0731. The molecule has 0 fully saturated rings. The second kappa shape index (κ2) is 5.66. The van der Waals surface area contributed by atoms with Gasteiger partial charge in [0, 0.05) is 12.6 Å². The molecule has 0 aliphatic carbocycles. The van der Waals surface area contributed by atoms with Gasteiger partial charge in [-0.25, -0.2) is 4.39 Å². The predicted molar refractivity (Wildman–Crippen MR) is 80.9 cm³/mol. The minimum atomic E-state index is -0.226. The van der Waals surface area contributed by atoms with Crippen molar-refractivity contribution in [3.05, 3.63) is 26.3 Å². The zero-order chi connectivity index (χ0) is 13.3. The Morgan fingerprint density at radius 1 is 1.50 bits per heavy atom. The van der Waals surface area contributed by atoms with E-state index in [-0.39, 0.29) is 11.9 Å². The molecule has 18 heavy (non-hydrogen) atoms. The van der Waals surface area contributed by atoms with Gasteiger partial charge in [0.25, 0.3) is 0 Å². The van der Waals surface area contributed by atoms with Gasteiger partial charge in [-0.15, -0.1) is 0 Å². The summed E-state index contributed by atoms with van der Waals surface area (Å²) >= 11 is 7.21. The molecule has 0 aliphatic rings. The second-order valence-corrected chi connectivity index (χ2v) is 5.83. The van der Waals surface area contributed by atoms with E-state index < -0.39 is 0 Å². The molecule has 0 radical (unpaired) electrons. The van der Waals surface area contributed by atoms with Gasteiger partial charge < -0.3 is 14.3 Å². The number of aromatic amines is 1. The number of hydrogen-bond donors (Lipinski definition) is 1. The van der Waals surface area contributed by atoms with E-state index in [2.05, 4.69) is 4.98 Å². The largest absolute Gasteiger partial charge is 0.377 e. The number of ether oxygens (including phenoxy) is 1. The van der Waals surface area contributed by atoms with E-state index in [0.717, 1.165) is 11.0 Å². The highest BCUT2D eigenvalue weighted by atomic mass is 127. The molecule has 2 aromatic rings. The first-order chi connectivity index (χ1) is 8.49. The minimum Gasteiger partial charge on any atom is -0.377 e. The van der Waals surface area contributed by atoms with Crippen molar-refractivity contribution < 1.29 is 9.13 Å². The molecule has 0 spiro atoms. The fourth-order valence-corrected chi connectivity index (χ4v) is 2.52. The number of hydrogen-bond acceptors (Lipinski definition) is 2. The third-order valence-electron chi connectivity index (χ3n) is 2.58. The smallest absolute Gasteiger partial charge is 0.178 e. The molecule has 0 bridgehead atoms. The lowest BCUT2D eigenvalue weighted by Crippen LogP contribution is -2.10. The van der Waals surface area contributed by atoms with Crippen LogP contribution in [-0.4, -0.2) is 22.3 Å². The van der Waals surface area contributed by atoms with Gasteiger partial charge >= 0.3 is 0 Å². The first kappa shape index (κ1) is 14.0. The summed E-state index contributed by atoms with van der Waals surface area (Å²) in [6, 6.07) is 3.28. The van der Waals surface area contributed by atoms with E-state index in [9.17, 15) is 4.39 Å². The summed E-state index contributed by atoms with van der Waals surface area (Å²) in [6.45, 7) is 5.15. The fourth-order valence-electron chi connectivity index (χ4n) is 1.75. The Balaban J connectivity index is 2.35. The molecule has 3 nitrogen and oxygen atoms in total. The van der Waals surface area contributed by atoms with Crippen LogP contribution in [0.15, 0.2) is 12.1 Å². The quantitative estimate of drug-likeness (QED) is 0.645. The number of fused-ring (bicyclic) bond motifs is 1.